The van der Waals surface area contributed by atoms with E-state index in [1.807, 2.05) is 0 Å². The smallest absolute Gasteiger partial charge is 0.0175 e. The molecular weight excluding hydrogens is 310 g/mol. The van der Waals surface area contributed by atoms with Gasteiger partial charge in [0.15, 0.2) is 0 Å². The molecule has 4 saturated carbocycles. The molecule has 4 unspecified atom stereocenters. The fraction of sp³-hybridized carbons (Fsp3) is 0.667. The van der Waals surface area contributed by atoms with Crippen LogP contribution in [-0.4, -0.2) is 12.1 Å². The minimum absolute atomic E-state index is 0.802. The SMILES string of the molecule is Brc1ccc(C2CC(NC3C4C5CCC(C5)C34)C2)cc1. The number of hydrogen-bond acceptors (Lipinski definition) is 1. The molecule has 2 bridgehead atoms. The molecule has 2 heteroatoms. The molecule has 0 spiro atoms. The number of hydrogen-bond donors (Lipinski definition) is 1. The molecule has 5 rings (SSSR count). The Hall–Kier alpha value is -0.340. The largest absolute Gasteiger partial charge is 0.311 e. The van der Waals surface area contributed by atoms with Crippen LogP contribution in [0.5, 0.6) is 0 Å². The predicted octanol–water partition coefficient (Wildman–Crippen LogP) is 4.33. The quantitative estimate of drug-likeness (QED) is 0.869. The van der Waals surface area contributed by atoms with E-state index in [0.29, 0.717) is 0 Å². The summed E-state index contributed by atoms with van der Waals surface area (Å²) in [5.41, 5.74) is 1.53. The average Bonchev–Trinajstić information content (AvgIpc) is 2.79. The summed E-state index contributed by atoms with van der Waals surface area (Å²) in [5.74, 6) is 5.17. The first-order chi connectivity index (χ1) is 9.79. The van der Waals surface area contributed by atoms with Crippen LogP contribution in [0.3, 0.4) is 0 Å². The summed E-state index contributed by atoms with van der Waals surface area (Å²) in [6, 6.07) is 10.7. The Bertz CT molecular complexity index is 503. The number of halogens is 1. The first-order valence-corrected chi connectivity index (χ1v) is 9.10. The maximum Gasteiger partial charge on any atom is 0.0175 e. The number of fused-ring (bicyclic) bond motifs is 5. The van der Waals surface area contributed by atoms with Crippen molar-refractivity contribution in [2.75, 3.05) is 0 Å². The molecular formula is C18H22BrN. The van der Waals surface area contributed by atoms with Crippen molar-refractivity contribution in [1.82, 2.24) is 5.32 Å². The van der Waals surface area contributed by atoms with Gasteiger partial charge in [0, 0.05) is 16.6 Å². The highest BCUT2D eigenvalue weighted by molar-refractivity contribution is 9.10. The summed E-state index contributed by atoms with van der Waals surface area (Å²) >= 11 is 3.52. The van der Waals surface area contributed by atoms with E-state index in [9.17, 15) is 0 Å². The monoisotopic (exact) mass is 331 g/mol. The van der Waals surface area contributed by atoms with E-state index in [0.717, 1.165) is 41.7 Å². The molecule has 1 aromatic rings. The Balaban J connectivity index is 1.16. The summed E-state index contributed by atoms with van der Waals surface area (Å²) in [5, 5.41) is 4.00. The van der Waals surface area contributed by atoms with Crippen LogP contribution in [0.1, 0.15) is 43.6 Å². The van der Waals surface area contributed by atoms with Crippen LogP contribution in [0.15, 0.2) is 28.7 Å². The normalized spacial score (nSPS) is 48.0. The van der Waals surface area contributed by atoms with Gasteiger partial charge in [-0.2, -0.15) is 0 Å². The van der Waals surface area contributed by atoms with Gasteiger partial charge in [-0.15, -0.1) is 0 Å². The summed E-state index contributed by atoms with van der Waals surface area (Å²) in [7, 11) is 0. The van der Waals surface area contributed by atoms with Crippen LogP contribution in [0.4, 0.5) is 0 Å². The molecule has 0 aromatic heterocycles. The maximum absolute atomic E-state index is 4.00. The van der Waals surface area contributed by atoms with Gasteiger partial charge in [0.05, 0.1) is 0 Å². The van der Waals surface area contributed by atoms with E-state index < -0.39 is 0 Å². The van der Waals surface area contributed by atoms with Crippen molar-refractivity contribution in [2.45, 2.75) is 50.1 Å². The topological polar surface area (TPSA) is 12.0 Å². The average molecular weight is 332 g/mol. The van der Waals surface area contributed by atoms with Crippen molar-refractivity contribution in [3.05, 3.63) is 34.3 Å². The van der Waals surface area contributed by atoms with Crippen molar-refractivity contribution in [1.29, 1.82) is 0 Å². The standard InChI is InChI=1S/C18H22BrN/c19-14-5-3-10(4-6-14)13-8-15(9-13)20-18-16-11-1-2-12(7-11)17(16)18/h3-6,11-13,15-18,20H,1-2,7-9H2. The highest BCUT2D eigenvalue weighted by Gasteiger charge is 2.65. The number of benzene rings is 1. The van der Waals surface area contributed by atoms with Crippen LogP contribution in [0, 0.1) is 23.7 Å². The Morgan fingerprint density at radius 1 is 0.900 bits per heavy atom. The fourth-order valence-electron chi connectivity index (χ4n) is 5.58. The van der Waals surface area contributed by atoms with Gasteiger partial charge < -0.3 is 5.32 Å². The van der Waals surface area contributed by atoms with Gasteiger partial charge in [0.2, 0.25) is 0 Å². The van der Waals surface area contributed by atoms with E-state index in [-0.39, 0.29) is 0 Å². The predicted molar refractivity (Wildman–Crippen MR) is 84.6 cm³/mol. The van der Waals surface area contributed by atoms with Crippen LogP contribution in [0.25, 0.3) is 0 Å². The molecule has 106 valence electrons. The lowest BCUT2D eigenvalue weighted by molar-refractivity contribution is 0.272. The summed E-state index contributed by atoms with van der Waals surface area (Å²) in [6.45, 7) is 0. The Morgan fingerprint density at radius 2 is 1.55 bits per heavy atom. The van der Waals surface area contributed by atoms with E-state index in [4.69, 9.17) is 0 Å². The van der Waals surface area contributed by atoms with E-state index in [2.05, 4.69) is 45.5 Å². The molecule has 0 amide bonds. The second-order valence-corrected chi connectivity index (χ2v) is 8.51. The maximum atomic E-state index is 4.00. The third kappa shape index (κ3) is 1.77. The molecule has 4 aliphatic carbocycles. The second kappa shape index (κ2) is 4.33. The molecule has 0 aliphatic heterocycles. The summed E-state index contributed by atoms with van der Waals surface area (Å²) in [6.07, 6.45) is 7.35. The minimum atomic E-state index is 0.802. The zero-order valence-electron chi connectivity index (χ0n) is 11.8. The van der Waals surface area contributed by atoms with Gasteiger partial charge in [0.1, 0.15) is 0 Å². The third-order valence-corrected chi connectivity index (χ3v) is 7.17. The highest BCUT2D eigenvalue weighted by atomic mass is 79.9. The van der Waals surface area contributed by atoms with Crippen LogP contribution >= 0.6 is 15.9 Å². The molecule has 1 aromatic carbocycles. The first kappa shape index (κ1) is 12.2. The van der Waals surface area contributed by atoms with E-state index in [1.165, 1.54) is 35.7 Å². The molecule has 1 nitrogen and oxygen atoms in total. The van der Waals surface area contributed by atoms with E-state index >= 15 is 0 Å². The molecule has 0 radical (unpaired) electrons. The second-order valence-electron chi connectivity index (χ2n) is 7.60. The van der Waals surface area contributed by atoms with Gasteiger partial charge in [-0.05, 0) is 79.4 Å². The Labute approximate surface area is 129 Å². The van der Waals surface area contributed by atoms with Crippen molar-refractivity contribution >= 4 is 15.9 Å². The lowest BCUT2D eigenvalue weighted by Gasteiger charge is -2.37. The minimum Gasteiger partial charge on any atom is -0.311 e. The first-order valence-electron chi connectivity index (χ1n) is 8.31. The van der Waals surface area contributed by atoms with Gasteiger partial charge in [-0.25, -0.2) is 0 Å². The molecule has 1 N–H and O–H groups in total. The van der Waals surface area contributed by atoms with Crippen LogP contribution < -0.4 is 5.32 Å². The number of rotatable bonds is 3. The van der Waals surface area contributed by atoms with Gasteiger partial charge in [-0.3, -0.25) is 0 Å². The van der Waals surface area contributed by atoms with Crippen molar-refractivity contribution < 1.29 is 0 Å². The van der Waals surface area contributed by atoms with Crippen LogP contribution in [0.2, 0.25) is 0 Å². The molecule has 0 heterocycles. The molecule has 4 fully saturated rings. The Kier molecular flexibility index (Phi) is 2.65. The summed E-state index contributed by atoms with van der Waals surface area (Å²) < 4.78 is 1.19. The molecule has 20 heavy (non-hydrogen) atoms. The molecule has 4 atom stereocenters. The summed E-state index contributed by atoms with van der Waals surface area (Å²) in [4.78, 5) is 0. The van der Waals surface area contributed by atoms with E-state index in [1.54, 1.807) is 6.42 Å². The highest BCUT2D eigenvalue weighted by Crippen LogP contribution is 2.66. The Morgan fingerprint density at radius 3 is 2.20 bits per heavy atom. The molecule has 0 saturated heterocycles. The molecule has 4 aliphatic rings. The fourth-order valence-corrected chi connectivity index (χ4v) is 5.85. The lowest BCUT2D eigenvalue weighted by Crippen LogP contribution is -2.42. The van der Waals surface area contributed by atoms with Crippen LogP contribution in [-0.2, 0) is 0 Å². The zero-order valence-corrected chi connectivity index (χ0v) is 13.4. The van der Waals surface area contributed by atoms with Crippen molar-refractivity contribution in [3.63, 3.8) is 0 Å². The van der Waals surface area contributed by atoms with Gasteiger partial charge in [0.25, 0.3) is 0 Å². The number of nitrogens with one attached hydrogen (secondary N) is 1. The van der Waals surface area contributed by atoms with Gasteiger partial charge in [-0.1, -0.05) is 28.1 Å². The zero-order chi connectivity index (χ0) is 13.3. The van der Waals surface area contributed by atoms with Gasteiger partial charge >= 0.3 is 0 Å². The van der Waals surface area contributed by atoms with Crippen molar-refractivity contribution in [2.24, 2.45) is 23.7 Å². The lowest BCUT2D eigenvalue weighted by atomic mass is 9.76. The van der Waals surface area contributed by atoms with Crippen molar-refractivity contribution in [3.8, 4) is 0 Å². The third-order valence-electron chi connectivity index (χ3n) is 6.64.